The van der Waals surface area contributed by atoms with Crippen LogP contribution in [-0.2, 0) is 10.0 Å². The number of halogens is 2. The summed E-state index contributed by atoms with van der Waals surface area (Å²) in [5.74, 6) is -1.21. The normalized spacial score (nSPS) is 15.1. The van der Waals surface area contributed by atoms with Crippen LogP contribution in [0.2, 0.25) is 0 Å². The van der Waals surface area contributed by atoms with Crippen molar-refractivity contribution in [2.75, 3.05) is 13.2 Å². The molecule has 0 amide bonds. The number of hydrogen-bond donors (Lipinski definition) is 1. The van der Waals surface area contributed by atoms with E-state index < -0.39 is 32.6 Å². The first kappa shape index (κ1) is 16.7. The van der Waals surface area contributed by atoms with Gasteiger partial charge in [0.15, 0.2) is 16.4 Å². The van der Waals surface area contributed by atoms with Gasteiger partial charge in [-0.3, -0.25) is 0 Å². The van der Waals surface area contributed by atoms with Crippen LogP contribution in [0, 0.1) is 11.6 Å². The van der Waals surface area contributed by atoms with Crippen molar-refractivity contribution in [2.24, 2.45) is 0 Å². The second-order valence-electron chi connectivity index (χ2n) is 5.30. The van der Waals surface area contributed by atoms with Crippen molar-refractivity contribution in [2.45, 2.75) is 17.9 Å². The molecule has 0 bridgehead atoms. The quantitative estimate of drug-likeness (QED) is 0.916. The van der Waals surface area contributed by atoms with Gasteiger partial charge in [-0.1, -0.05) is 12.1 Å². The standard InChI is InChI=1S/C16H15F2NO4S/c1-10(11-5-6-14-15(9-11)23-8-7-22-14)19-24(20,21)16-12(17)3-2-4-13(16)18/h2-6,9-10,19H,7-8H2,1H3/t10-/m1/s1. The van der Waals surface area contributed by atoms with Crippen LogP contribution in [0.15, 0.2) is 41.3 Å². The molecule has 0 saturated carbocycles. The Labute approximate surface area is 138 Å². The number of rotatable bonds is 4. The second kappa shape index (κ2) is 6.37. The van der Waals surface area contributed by atoms with Crippen LogP contribution in [0.4, 0.5) is 8.78 Å². The molecule has 128 valence electrons. The molecule has 1 aliphatic rings. The average molecular weight is 355 g/mol. The Hall–Kier alpha value is -2.19. The van der Waals surface area contributed by atoms with Gasteiger partial charge in [-0.05, 0) is 36.8 Å². The molecule has 1 aliphatic heterocycles. The van der Waals surface area contributed by atoms with E-state index in [1.807, 2.05) is 0 Å². The molecule has 1 atom stereocenters. The molecule has 0 fully saturated rings. The molecule has 24 heavy (non-hydrogen) atoms. The van der Waals surface area contributed by atoms with Crippen LogP contribution < -0.4 is 14.2 Å². The van der Waals surface area contributed by atoms with Crippen LogP contribution in [0.1, 0.15) is 18.5 Å². The molecule has 2 aromatic carbocycles. The van der Waals surface area contributed by atoms with Gasteiger partial charge in [0.2, 0.25) is 10.0 Å². The molecule has 0 radical (unpaired) electrons. The molecule has 0 saturated heterocycles. The van der Waals surface area contributed by atoms with E-state index in [-0.39, 0.29) is 0 Å². The van der Waals surface area contributed by atoms with E-state index in [4.69, 9.17) is 9.47 Å². The number of hydrogen-bond acceptors (Lipinski definition) is 4. The predicted octanol–water partition coefficient (Wildman–Crippen LogP) is 2.78. The SMILES string of the molecule is C[C@@H](NS(=O)(=O)c1c(F)cccc1F)c1ccc2c(c1)OCCO2. The highest BCUT2D eigenvalue weighted by molar-refractivity contribution is 7.89. The van der Waals surface area contributed by atoms with Gasteiger partial charge in [0.25, 0.3) is 0 Å². The molecular formula is C16H15F2NO4S. The molecule has 0 aromatic heterocycles. The molecule has 5 nitrogen and oxygen atoms in total. The van der Waals surface area contributed by atoms with Crippen molar-refractivity contribution in [3.05, 3.63) is 53.6 Å². The molecule has 0 aliphatic carbocycles. The molecule has 1 heterocycles. The van der Waals surface area contributed by atoms with E-state index >= 15 is 0 Å². The van der Waals surface area contributed by atoms with E-state index in [0.717, 1.165) is 18.2 Å². The summed E-state index contributed by atoms with van der Waals surface area (Å²) in [5, 5.41) is 0. The number of fused-ring (bicyclic) bond motifs is 1. The van der Waals surface area contributed by atoms with Crippen LogP contribution >= 0.6 is 0 Å². The predicted molar refractivity (Wildman–Crippen MR) is 82.5 cm³/mol. The molecule has 0 unspecified atom stereocenters. The second-order valence-corrected chi connectivity index (χ2v) is 6.95. The van der Waals surface area contributed by atoms with Gasteiger partial charge in [-0.15, -0.1) is 0 Å². The van der Waals surface area contributed by atoms with E-state index in [1.165, 1.54) is 0 Å². The highest BCUT2D eigenvalue weighted by Gasteiger charge is 2.26. The van der Waals surface area contributed by atoms with Crippen molar-refractivity contribution < 1.29 is 26.7 Å². The van der Waals surface area contributed by atoms with Crippen molar-refractivity contribution in [1.82, 2.24) is 4.72 Å². The monoisotopic (exact) mass is 355 g/mol. The van der Waals surface area contributed by atoms with Crippen LogP contribution in [0.25, 0.3) is 0 Å². The van der Waals surface area contributed by atoms with Crippen LogP contribution in [0.3, 0.4) is 0 Å². The summed E-state index contributed by atoms with van der Waals surface area (Å²) in [4.78, 5) is -0.991. The van der Waals surface area contributed by atoms with Gasteiger partial charge in [0, 0.05) is 6.04 Å². The summed E-state index contributed by atoms with van der Waals surface area (Å²) in [7, 11) is -4.36. The Bertz CT molecular complexity index is 850. The average Bonchev–Trinajstić information content (AvgIpc) is 2.53. The van der Waals surface area contributed by atoms with E-state index in [1.54, 1.807) is 25.1 Å². The number of ether oxygens (including phenoxy) is 2. The first-order chi connectivity index (χ1) is 11.4. The lowest BCUT2D eigenvalue weighted by Crippen LogP contribution is -2.28. The zero-order chi connectivity index (χ0) is 17.3. The molecule has 2 aromatic rings. The van der Waals surface area contributed by atoms with Crippen LogP contribution in [0.5, 0.6) is 11.5 Å². The van der Waals surface area contributed by atoms with Crippen molar-refractivity contribution in [1.29, 1.82) is 0 Å². The molecule has 0 spiro atoms. The summed E-state index contributed by atoms with van der Waals surface area (Å²) < 4.78 is 65.2. The smallest absolute Gasteiger partial charge is 0.246 e. The lowest BCUT2D eigenvalue weighted by molar-refractivity contribution is 0.171. The molecule has 3 rings (SSSR count). The van der Waals surface area contributed by atoms with E-state index in [9.17, 15) is 17.2 Å². The fourth-order valence-corrected chi connectivity index (χ4v) is 3.80. The largest absolute Gasteiger partial charge is 0.486 e. The Kier molecular flexibility index (Phi) is 4.42. The lowest BCUT2D eigenvalue weighted by atomic mass is 10.1. The topological polar surface area (TPSA) is 64.6 Å². The minimum absolute atomic E-state index is 0.400. The van der Waals surface area contributed by atoms with Gasteiger partial charge in [-0.2, -0.15) is 0 Å². The first-order valence-corrected chi connectivity index (χ1v) is 8.73. The number of nitrogens with one attached hydrogen (secondary N) is 1. The summed E-state index contributed by atoms with van der Waals surface area (Å²) >= 11 is 0. The minimum atomic E-state index is -4.36. The van der Waals surface area contributed by atoms with Gasteiger partial charge >= 0.3 is 0 Å². The maximum Gasteiger partial charge on any atom is 0.246 e. The third-order valence-electron chi connectivity index (χ3n) is 3.59. The maximum absolute atomic E-state index is 13.7. The summed E-state index contributed by atoms with van der Waals surface area (Å²) in [5.41, 5.74) is 0.583. The minimum Gasteiger partial charge on any atom is -0.486 e. The van der Waals surface area contributed by atoms with Crippen molar-refractivity contribution in [3.63, 3.8) is 0 Å². The molecular weight excluding hydrogens is 340 g/mol. The maximum atomic E-state index is 13.7. The lowest BCUT2D eigenvalue weighted by Gasteiger charge is -2.21. The zero-order valence-corrected chi connectivity index (χ0v) is 13.6. The highest BCUT2D eigenvalue weighted by Crippen LogP contribution is 2.33. The first-order valence-electron chi connectivity index (χ1n) is 7.24. The third-order valence-corrected chi connectivity index (χ3v) is 5.18. The number of benzene rings is 2. The Balaban J connectivity index is 1.87. The molecule has 1 N–H and O–H groups in total. The van der Waals surface area contributed by atoms with E-state index in [2.05, 4.69) is 4.72 Å². The fourth-order valence-electron chi connectivity index (χ4n) is 2.43. The fraction of sp³-hybridized carbons (Fsp3) is 0.250. The number of sulfonamides is 1. The summed E-state index contributed by atoms with van der Waals surface area (Å²) in [6, 6.07) is 7.15. The Morgan fingerprint density at radius 3 is 2.33 bits per heavy atom. The van der Waals surface area contributed by atoms with Crippen LogP contribution in [-0.4, -0.2) is 21.6 Å². The highest BCUT2D eigenvalue weighted by atomic mass is 32.2. The van der Waals surface area contributed by atoms with Crippen molar-refractivity contribution in [3.8, 4) is 11.5 Å². The molecule has 8 heteroatoms. The Morgan fingerprint density at radius 2 is 1.67 bits per heavy atom. The van der Waals surface area contributed by atoms with Gasteiger partial charge in [-0.25, -0.2) is 21.9 Å². The summed E-state index contributed by atoms with van der Waals surface area (Å²) in [6.07, 6.45) is 0. The van der Waals surface area contributed by atoms with Gasteiger partial charge in [0.05, 0.1) is 0 Å². The zero-order valence-electron chi connectivity index (χ0n) is 12.8. The van der Waals surface area contributed by atoms with Crippen molar-refractivity contribution >= 4 is 10.0 Å². The summed E-state index contributed by atoms with van der Waals surface area (Å²) in [6.45, 7) is 2.42. The third kappa shape index (κ3) is 3.20. The van der Waals surface area contributed by atoms with Gasteiger partial charge in [0.1, 0.15) is 24.8 Å². The Morgan fingerprint density at radius 1 is 1.04 bits per heavy atom. The van der Waals surface area contributed by atoms with E-state index in [0.29, 0.717) is 30.3 Å². The van der Waals surface area contributed by atoms with Gasteiger partial charge < -0.3 is 9.47 Å².